The van der Waals surface area contributed by atoms with Crippen molar-refractivity contribution in [2.75, 3.05) is 11.9 Å². The average molecular weight is 311 g/mol. The van der Waals surface area contributed by atoms with E-state index in [2.05, 4.69) is 5.32 Å². The number of aliphatic hydroxyl groups excluding tert-OH is 1. The second-order valence-electron chi connectivity index (χ2n) is 4.73. The summed E-state index contributed by atoms with van der Waals surface area (Å²) in [4.78, 5) is 0. The van der Waals surface area contributed by atoms with Crippen LogP contribution in [0.15, 0.2) is 48.5 Å². The maximum atomic E-state index is 12.2. The van der Waals surface area contributed by atoms with Gasteiger partial charge in [0.05, 0.1) is 12.3 Å². The quantitative estimate of drug-likeness (QED) is 0.854. The zero-order chi connectivity index (χ0) is 16.0. The van der Waals surface area contributed by atoms with Gasteiger partial charge in [-0.25, -0.2) is 0 Å². The Morgan fingerprint density at radius 3 is 2.23 bits per heavy atom. The van der Waals surface area contributed by atoms with Crippen LogP contribution in [0.2, 0.25) is 0 Å². The molecule has 22 heavy (non-hydrogen) atoms. The summed E-state index contributed by atoms with van der Waals surface area (Å²) in [6.45, 7) is -0.906. The molecule has 0 atom stereocenters. The third-order valence-electron chi connectivity index (χ3n) is 2.97. The Balaban J connectivity index is 1.99. The average Bonchev–Trinajstić information content (AvgIpc) is 2.51. The third-order valence-corrected chi connectivity index (χ3v) is 2.97. The van der Waals surface area contributed by atoms with Crippen LogP contribution in [-0.2, 0) is 13.2 Å². The number of hydrogen-bond acceptors (Lipinski definition) is 3. The van der Waals surface area contributed by atoms with Crippen LogP contribution in [0.25, 0.3) is 0 Å². The highest BCUT2D eigenvalue weighted by Crippen LogP contribution is 2.26. The minimum absolute atomic E-state index is 0.0260. The predicted octanol–water partition coefficient (Wildman–Crippen LogP) is 3.73. The number of anilines is 1. The van der Waals surface area contributed by atoms with E-state index in [4.69, 9.17) is 9.84 Å². The van der Waals surface area contributed by atoms with Crippen molar-refractivity contribution in [1.29, 1.82) is 0 Å². The van der Waals surface area contributed by atoms with Crippen LogP contribution >= 0.6 is 0 Å². The Hall–Kier alpha value is -2.21. The van der Waals surface area contributed by atoms with Gasteiger partial charge in [-0.15, -0.1) is 0 Å². The SMILES string of the molecule is OCc1ccc(CNc2ccccc2OCC(F)(F)F)cc1. The molecule has 0 aliphatic carbocycles. The lowest BCUT2D eigenvalue weighted by Gasteiger charge is -2.14. The fourth-order valence-electron chi connectivity index (χ4n) is 1.86. The molecular formula is C16H16F3NO2. The molecule has 2 rings (SSSR count). The Morgan fingerprint density at radius 2 is 1.59 bits per heavy atom. The summed E-state index contributed by atoms with van der Waals surface area (Å²) < 4.78 is 41.5. The van der Waals surface area contributed by atoms with E-state index < -0.39 is 12.8 Å². The summed E-state index contributed by atoms with van der Waals surface area (Å²) in [7, 11) is 0. The second-order valence-corrected chi connectivity index (χ2v) is 4.73. The van der Waals surface area contributed by atoms with E-state index in [0.717, 1.165) is 11.1 Å². The largest absolute Gasteiger partial charge is 0.482 e. The molecule has 0 saturated heterocycles. The Labute approximate surface area is 126 Å². The van der Waals surface area contributed by atoms with Crippen molar-refractivity contribution in [3.8, 4) is 5.75 Å². The molecule has 0 bridgehead atoms. The summed E-state index contributed by atoms with van der Waals surface area (Å²) >= 11 is 0. The van der Waals surface area contributed by atoms with Gasteiger partial charge in [0.2, 0.25) is 0 Å². The topological polar surface area (TPSA) is 41.5 Å². The van der Waals surface area contributed by atoms with Gasteiger partial charge in [0, 0.05) is 6.54 Å². The maximum absolute atomic E-state index is 12.2. The molecule has 0 amide bonds. The highest BCUT2D eigenvalue weighted by Gasteiger charge is 2.28. The number of benzene rings is 2. The Morgan fingerprint density at radius 1 is 0.955 bits per heavy atom. The number of alkyl halides is 3. The monoisotopic (exact) mass is 311 g/mol. The molecule has 0 radical (unpaired) electrons. The van der Waals surface area contributed by atoms with Crippen molar-refractivity contribution in [3.63, 3.8) is 0 Å². The van der Waals surface area contributed by atoms with E-state index in [1.807, 2.05) is 12.1 Å². The molecule has 0 aliphatic rings. The van der Waals surface area contributed by atoms with Gasteiger partial charge < -0.3 is 15.2 Å². The van der Waals surface area contributed by atoms with E-state index >= 15 is 0 Å². The minimum Gasteiger partial charge on any atom is -0.482 e. The molecule has 0 spiro atoms. The molecule has 2 N–H and O–H groups in total. The molecule has 0 saturated carbocycles. The normalized spacial score (nSPS) is 11.3. The predicted molar refractivity (Wildman–Crippen MR) is 77.7 cm³/mol. The molecule has 0 unspecified atom stereocenters. The smallest absolute Gasteiger partial charge is 0.422 e. The number of para-hydroxylation sites is 2. The van der Waals surface area contributed by atoms with Gasteiger partial charge in [0.1, 0.15) is 5.75 Å². The molecule has 0 aromatic heterocycles. The van der Waals surface area contributed by atoms with Gasteiger partial charge >= 0.3 is 6.18 Å². The van der Waals surface area contributed by atoms with E-state index in [1.54, 1.807) is 30.3 Å². The number of aliphatic hydroxyl groups is 1. The first-order valence-electron chi connectivity index (χ1n) is 6.69. The fraction of sp³-hybridized carbons (Fsp3) is 0.250. The van der Waals surface area contributed by atoms with Crippen LogP contribution < -0.4 is 10.1 Å². The summed E-state index contributed by atoms with van der Waals surface area (Å²) in [6.07, 6.45) is -4.37. The van der Waals surface area contributed by atoms with Gasteiger partial charge in [-0.1, -0.05) is 36.4 Å². The van der Waals surface area contributed by atoms with Gasteiger partial charge in [-0.05, 0) is 23.3 Å². The van der Waals surface area contributed by atoms with E-state index in [0.29, 0.717) is 12.2 Å². The lowest BCUT2D eigenvalue weighted by atomic mass is 10.1. The molecule has 118 valence electrons. The summed E-state index contributed by atoms with van der Waals surface area (Å²) in [5, 5.41) is 12.0. The van der Waals surface area contributed by atoms with E-state index in [9.17, 15) is 13.2 Å². The standard InChI is InChI=1S/C16H16F3NO2/c17-16(18,19)11-22-15-4-2-1-3-14(15)20-9-12-5-7-13(10-21)8-6-12/h1-8,20-21H,9-11H2. The molecule has 3 nitrogen and oxygen atoms in total. The van der Waals surface area contributed by atoms with Crippen molar-refractivity contribution in [2.24, 2.45) is 0 Å². The molecule has 0 aliphatic heterocycles. The first-order valence-corrected chi connectivity index (χ1v) is 6.69. The van der Waals surface area contributed by atoms with Crippen LogP contribution in [0.3, 0.4) is 0 Å². The third kappa shape index (κ3) is 4.96. The number of rotatable bonds is 6. The molecule has 2 aromatic carbocycles. The Kier molecular flexibility index (Phi) is 5.27. The van der Waals surface area contributed by atoms with Crippen molar-refractivity contribution >= 4 is 5.69 Å². The fourth-order valence-corrected chi connectivity index (χ4v) is 1.86. The number of nitrogens with one attached hydrogen (secondary N) is 1. The lowest BCUT2D eigenvalue weighted by molar-refractivity contribution is -0.153. The van der Waals surface area contributed by atoms with Gasteiger partial charge in [-0.3, -0.25) is 0 Å². The number of ether oxygens (including phenoxy) is 1. The van der Waals surface area contributed by atoms with Gasteiger partial charge in [0.15, 0.2) is 6.61 Å². The van der Waals surface area contributed by atoms with Crippen molar-refractivity contribution < 1.29 is 23.0 Å². The second kappa shape index (κ2) is 7.17. The van der Waals surface area contributed by atoms with Crippen LogP contribution in [-0.4, -0.2) is 17.9 Å². The highest BCUT2D eigenvalue weighted by molar-refractivity contribution is 5.56. The van der Waals surface area contributed by atoms with E-state index in [1.165, 1.54) is 6.07 Å². The summed E-state index contributed by atoms with van der Waals surface area (Å²) in [5.74, 6) is 0.159. The molecular weight excluding hydrogens is 295 g/mol. The zero-order valence-corrected chi connectivity index (χ0v) is 11.7. The van der Waals surface area contributed by atoms with Crippen LogP contribution in [0.4, 0.5) is 18.9 Å². The van der Waals surface area contributed by atoms with Crippen LogP contribution in [0.1, 0.15) is 11.1 Å². The maximum Gasteiger partial charge on any atom is 0.422 e. The minimum atomic E-state index is -4.37. The summed E-state index contributed by atoms with van der Waals surface area (Å²) in [5.41, 5.74) is 2.25. The van der Waals surface area contributed by atoms with Crippen LogP contribution in [0, 0.1) is 0 Å². The molecule has 0 fully saturated rings. The zero-order valence-electron chi connectivity index (χ0n) is 11.7. The number of halogens is 3. The van der Waals surface area contributed by atoms with Crippen molar-refractivity contribution in [3.05, 3.63) is 59.7 Å². The highest BCUT2D eigenvalue weighted by atomic mass is 19.4. The van der Waals surface area contributed by atoms with Crippen LogP contribution in [0.5, 0.6) is 5.75 Å². The first kappa shape index (κ1) is 16.2. The van der Waals surface area contributed by atoms with Gasteiger partial charge in [0.25, 0.3) is 0 Å². The van der Waals surface area contributed by atoms with Crippen molar-refractivity contribution in [2.45, 2.75) is 19.3 Å². The van der Waals surface area contributed by atoms with Gasteiger partial charge in [-0.2, -0.15) is 13.2 Å². The first-order chi connectivity index (χ1) is 10.5. The molecule has 2 aromatic rings. The lowest BCUT2D eigenvalue weighted by Crippen LogP contribution is -2.19. The molecule has 6 heteroatoms. The van der Waals surface area contributed by atoms with Crippen molar-refractivity contribution in [1.82, 2.24) is 0 Å². The van der Waals surface area contributed by atoms with E-state index in [-0.39, 0.29) is 12.4 Å². The Bertz CT molecular complexity index is 597. The molecule has 0 heterocycles. The number of hydrogen-bond donors (Lipinski definition) is 2. The summed E-state index contributed by atoms with van der Waals surface area (Å²) in [6, 6.07) is 13.8.